The molecule has 6 nitrogen and oxygen atoms in total. The topological polar surface area (TPSA) is 74.2 Å². The molecule has 0 amide bonds. The van der Waals surface area contributed by atoms with E-state index in [-0.39, 0.29) is 0 Å². The predicted octanol–water partition coefficient (Wildman–Crippen LogP) is 13.7. The van der Waals surface area contributed by atoms with Crippen LogP contribution in [0.1, 0.15) is 102 Å². The highest BCUT2D eigenvalue weighted by Crippen LogP contribution is 2.08. The summed E-state index contributed by atoms with van der Waals surface area (Å²) in [5, 5.41) is 0. The number of hydrogen-bond acceptors (Lipinski definition) is 6. The predicted molar refractivity (Wildman–Crippen MR) is 208 cm³/mol. The number of benzene rings is 3. The highest BCUT2D eigenvalue weighted by molar-refractivity contribution is 5.52. The molecule has 0 spiro atoms. The van der Waals surface area contributed by atoms with Crippen LogP contribution >= 0.6 is 0 Å². The van der Waals surface area contributed by atoms with Gasteiger partial charge in [0, 0.05) is 21.1 Å². The Balaban J connectivity index is -0.000000104. The van der Waals surface area contributed by atoms with Crippen molar-refractivity contribution in [3.8, 4) is 0 Å². The minimum absolute atomic E-state index is 0.883. The summed E-state index contributed by atoms with van der Waals surface area (Å²) in [6.07, 6.45) is 3.89. The normalized spacial score (nSPS) is 7.00. The first-order valence-electron chi connectivity index (χ1n) is 16.4. The summed E-state index contributed by atoms with van der Waals surface area (Å²) < 4.78 is 0. The second-order valence-electron chi connectivity index (χ2n) is 7.02. The molecule has 3 aromatic rings. The molecule has 0 bridgehead atoms. The van der Waals surface area contributed by atoms with Gasteiger partial charge in [-0.2, -0.15) is 15.0 Å². The average molecular weight is 619 g/mol. The minimum atomic E-state index is 0.883. The fourth-order valence-corrected chi connectivity index (χ4v) is 1.83. The molecule has 0 aromatic heterocycles. The number of hydrogen-bond donors (Lipinski definition) is 0. The molecule has 45 heavy (non-hydrogen) atoms. The van der Waals surface area contributed by atoms with Crippen molar-refractivity contribution in [2.45, 2.75) is 102 Å². The van der Waals surface area contributed by atoms with Crippen molar-refractivity contribution in [3.63, 3.8) is 0 Å². The first kappa shape index (κ1) is 53.4. The highest BCUT2D eigenvalue weighted by Gasteiger charge is 1.81. The van der Waals surface area contributed by atoms with E-state index in [1.165, 1.54) is 19.3 Å². The van der Waals surface area contributed by atoms with Crippen LogP contribution in [0.2, 0.25) is 0 Å². The smallest absolute Gasteiger partial charge is 0.0946 e. The zero-order valence-corrected chi connectivity index (χ0v) is 31.5. The van der Waals surface area contributed by atoms with Gasteiger partial charge in [0.25, 0.3) is 0 Å². The maximum Gasteiger partial charge on any atom is 0.0946 e. The molecule has 3 aromatic carbocycles. The summed E-state index contributed by atoms with van der Waals surface area (Å²) in [5.41, 5.74) is 2.65. The number of para-hydroxylation sites is 3. The molecular weight excluding hydrogens is 552 g/mol. The van der Waals surface area contributed by atoms with E-state index in [4.69, 9.17) is 0 Å². The van der Waals surface area contributed by atoms with Gasteiger partial charge in [0.05, 0.1) is 35.1 Å². The fourth-order valence-electron chi connectivity index (χ4n) is 1.83. The van der Waals surface area contributed by atoms with Gasteiger partial charge in [-0.25, -0.2) is 15.0 Å². The summed E-state index contributed by atoms with van der Waals surface area (Å²) in [7, 11) is 4.94. The van der Waals surface area contributed by atoms with Gasteiger partial charge in [0.15, 0.2) is 0 Å². The molecule has 3 rings (SSSR count). The van der Waals surface area contributed by atoms with Crippen LogP contribution in [0.25, 0.3) is 0 Å². The Morgan fingerprint density at radius 3 is 0.689 bits per heavy atom. The molecule has 0 saturated carbocycles. The summed E-state index contributed by atoms with van der Waals surface area (Å²) in [4.78, 5) is 22.6. The van der Waals surface area contributed by atoms with E-state index in [0.29, 0.717) is 0 Å². The van der Waals surface area contributed by atoms with E-state index in [1.807, 2.05) is 146 Å². The van der Waals surface area contributed by atoms with Crippen molar-refractivity contribution in [1.82, 2.24) is 0 Å². The molecule has 0 N–H and O–H groups in total. The Morgan fingerprint density at radius 1 is 0.378 bits per heavy atom. The van der Waals surface area contributed by atoms with E-state index in [1.54, 1.807) is 21.1 Å². The molecule has 0 fully saturated rings. The van der Waals surface area contributed by atoms with E-state index in [9.17, 15) is 0 Å². The van der Waals surface area contributed by atoms with E-state index >= 15 is 0 Å². The Labute approximate surface area is 279 Å². The van der Waals surface area contributed by atoms with Crippen LogP contribution in [0.4, 0.5) is 17.1 Å². The Hall–Kier alpha value is -4.20. The van der Waals surface area contributed by atoms with Crippen molar-refractivity contribution in [2.75, 3.05) is 21.1 Å². The molecule has 6 heteroatoms. The zero-order chi connectivity index (χ0) is 35.8. The Morgan fingerprint density at radius 2 is 0.556 bits per heavy atom. The van der Waals surface area contributed by atoms with E-state index in [0.717, 1.165) is 17.1 Å². The molecule has 0 aliphatic heterocycles. The third kappa shape index (κ3) is 52.9. The first-order chi connectivity index (χ1) is 22.1. The second kappa shape index (κ2) is 59.3. The minimum Gasteiger partial charge on any atom is -0.229 e. The van der Waals surface area contributed by atoms with Crippen LogP contribution in [-0.4, -0.2) is 39.2 Å². The lowest BCUT2D eigenvalue weighted by molar-refractivity contribution is 0.886. The third-order valence-electron chi connectivity index (χ3n) is 3.61. The summed E-state index contributed by atoms with van der Waals surface area (Å²) >= 11 is 0. The van der Waals surface area contributed by atoms with Crippen LogP contribution in [-0.2, 0) is 0 Å². The summed E-state index contributed by atoms with van der Waals surface area (Å²) in [5.74, 6) is 0. The molecule has 0 aliphatic carbocycles. The van der Waals surface area contributed by atoms with E-state index in [2.05, 4.69) is 75.7 Å². The van der Waals surface area contributed by atoms with Crippen LogP contribution < -0.4 is 0 Å². The van der Waals surface area contributed by atoms with Crippen LogP contribution in [0, 0.1) is 0 Å². The van der Waals surface area contributed by atoms with Gasteiger partial charge >= 0.3 is 0 Å². The van der Waals surface area contributed by atoms with Gasteiger partial charge < -0.3 is 0 Å². The van der Waals surface area contributed by atoms with Crippen molar-refractivity contribution < 1.29 is 0 Å². The number of nitrogens with zero attached hydrogens (tertiary/aromatic N) is 6. The lowest BCUT2D eigenvalue weighted by Crippen LogP contribution is -1.60. The van der Waals surface area contributed by atoms with Gasteiger partial charge in [0.1, 0.15) is 0 Å². The average Bonchev–Trinajstić information content (AvgIpc) is 3.14. The Kier molecular flexibility index (Phi) is 70.3. The van der Waals surface area contributed by atoms with Crippen molar-refractivity contribution in [1.29, 1.82) is 0 Å². The summed E-state index contributed by atoms with van der Waals surface area (Å²) in [6.45, 7) is 24.6. The summed E-state index contributed by atoms with van der Waals surface area (Å²) in [6, 6.07) is 36.3. The molecule has 0 atom stereocenters. The molecule has 0 heterocycles. The maximum atomic E-state index is 3.91. The lowest BCUT2D eigenvalue weighted by atomic mass is 10.3. The fraction of sp³-hybridized carbons (Fsp3) is 0.462. The monoisotopic (exact) mass is 619 g/mol. The molecule has 252 valence electrons. The molecule has 0 radical (unpaired) electrons. The van der Waals surface area contributed by atoms with Gasteiger partial charge in [-0.05, 0) is 36.4 Å². The van der Waals surface area contributed by atoms with Gasteiger partial charge in [0.2, 0.25) is 0 Å². The number of aliphatic imine (C=N–C) groups is 6. The molecular formula is C39H66N6. The van der Waals surface area contributed by atoms with Crippen molar-refractivity contribution >= 4 is 35.1 Å². The second-order valence-corrected chi connectivity index (χ2v) is 7.02. The van der Waals surface area contributed by atoms with E-state index < -0.39 is 0 Å². The lowest BCUT2D eigenvalue weighted by Gasteiger charge is -1.84. The van der Waals surface area contributed by atoms with Crippen molar-refractivity contribution in [3.05, 3.63) is 91.0 Å². The standard InChI is InChI=1S/3C8H8N2.C4H10.C3H8.4C2H6/c3*1-9-7-10-8-5-3-2-4-6-8;1-3-4-2;1-3-2;4*1-2/h3*2-6H,1H3;3-4H2,1-2H3;3H2,1-2H3;4*1-2H3. The van der Waals surface area contributed by atoms with Gasteiger partial charge in [-0.1, -0.05) is 157 Å². The number of rotatable bonds is 4. The molecule has 0 unspecified atom stereocenters. The largest absolute Gasteiger partial charge is 0.229 e. The van der Waals surface area contributed by atoms with Crippen LogP contribution in [0.15, 0.2) is 121 Å². The quantitative estimate of drug-likeness (QED) is 0.261. The van der Waals surface area contributed by atoms with Crippen molar-refractivity contribution in [2.24, 2.45) is 30.0 Å². The SMILES string of the molecule is CC.CC.CC.CC.CCC.CCCC.CN=C=Nc1ccccc1.CN=C=Nc1ccccc1.CN=C=Nc1ccccc1. The Bertz CT molecular complexity index is 922. The highest BCUT2D eigenvalue weighted by atomic mass is 14.8. The van der Waals surface area contributed by atoms with Crippen LogP contribution in [0.3, 0.4) is 0 Å². The van der Waals surface area contributed by atoms with Crippen LogP contribution in [0.5, 0.6) is 0 Å². The first-order valence-corrected chi connectivity index (χ1v) is 16.4. The zero-order valence-electron chi connectivity index (χ0n) is 31.5. The molecule has 0 aliphatic rings. The third-order valence-corrected chi connectivity index (χ3v) is 3.61. The molecule has 0 saturated heterocycles. The number of unbranched alkanes of at least 4 members (excludes halogenated alkanes) is 1. The maximum absolute atomic E-state index is 3.91. The van der Waals surface area contributed by atoms with Gasteiger partial charge in [-0.15, -0.1) is 0 Å². The van der Waals surface area contributed by atoms with Gasteiger partial charge in [-0.3, -0.25) is 0 Å².